The molecular formula is C16H17N3O. The van der Waals surface area contributed by atoms with Crippen molar-refractivity contribution < 1.29 is 4.42 Å². The molecule has 0 fully saturated rings. The fourth-order valence-corrected chi connectivity index (χ4v) is 3.15. The average molecular weight is 267 g/mol. The highest BCUT2D eigenvalue weighted by molar-refractivity contribution is 5.83. The molecule has 0 saturated heterocycles. The summed E-state index contributed by atoms with van der Waals surface area (Å²) in [6.45, 7) is 3.10. The molecule has 1 unspecified atom stereocenters. The molecule has 0 aliphatic carbocycles. The van der Waals surface area contributed by atoms with E-state index in [0.29, 0.717) is 0 Å². The molecule has 4 rings (SSSR count). The van der Waals surface area contributed by atoms with Gasteiger partial charge in [0.1, 0.15) is 11.3 Å². The van der Waals surface area contributed by atoms with E-state index in [1.807, 2.05) is 12.1 Å². The maximum atomic E-state index is 6.02. The molecule has 0 radical (unpaired) electrons. The maximum absolute atomic E-state index is 6.02. The third-order valence-electron chi connectivity index (χ3n) is 4.07. The fraction of sp³-hybridized carbons (Fsp3) is 0.312. The number of rotatable bonds is 2. The molecule has 0 spiro atoms. The largest absolute Gasteiger partial charge is 0.461 e. The highest BCUT2D eigenvalue weighted by atomic mass is 16.3. The Labute approximate surface area is 117 Å². The van der Waals surface area contributed by atoms with Crippen LogP contribution in [0.3, 0.4) is 0 Å². The zero-order chi connectivity index (χ0) is 13.5. The van der Waals surface area contributed by atoms with Gasteiger partial charge < -0.3 is 14.7 Å². The SMILES string of the molecule is CCc1oc2ccccc2c1C1NCCc2[nH]cnc21. The summed E-state index contributed by atoms with van der Waals surface area (Å²) >= 11 is 0. The van der Waals surface area contributed by atoms with Gasteiger partial charge in [0.2, 0.25) is 0 Å². The zero-order valence-electron chi connectivity index (χ0n) is 11.4. The highest BCUT2D eigenvalue weighted by Gasteiger charge is 2.29. The molecule has 4 heteroatoms. The molecule has 0 amide bonds. The van der Waals surface area contributed by atoms with E-state index >= 15 is 0 Å². The van der Waals surface area contributed by atoms with Crippen LogP contribution in [0.15, 0.2) is 35.0 Å². The van der Waals surface area contributed by atoms with Gasteiger partial charge in [-0.05, 0) is 6.07 Å². The standard InChI is InChI=1S/C16H17N3O/c1-2-12-14(10-5-3-4-6-13(10)20-12)16-15-11(7-8-17-16)18-9-19-15/h3-6,9,16-17H,2,7-8H2,1H3,(H,18,19). The highest BCUT2D eigenvalue weighted by Crippen LogP contribution is 2.36. The number of nitrogens with one attached hydrogen (secondary N) is 2. The minimum atomic E-state index is 0.128. The predicted molar refractivity (Wildman–Crippen MR) is 77.7 cm³/mol. The smallest absolute Gasteiger partial charge is 0.134 e. The second kappa shape index (κ2) is 4.49. The van der Waals surface area contributed by atoms with Crippen LogP contribution in [0.25, 0.3) is 11.0 Å². The van der Waals surface area contributed by atoms with Gasteiger partial charge in [-0.15, -0.1) is 0 Å². The summed E-state index contributed by atoms with van der Waals surface area (Å²) in [6, 6.07) is 8.38. The van der Waals surface area contributed by atoms with Crippen molar-refractivity contribution in [2.75, 3.05) is 6.54 Å². The Bertz CT molecular complexity index is 756. The summed E-state index contributed by atoms with van der Waals surface area (Å²) in [5, 5.41) is 4.78. The van der Waals surface area contributed by atoms with Gasteiger partial charge in [0.15, 0.2) is 0 Å². The van der Waals surface area contributed by atoms with Crippen LogP contribution in [0.2, 0.25) is 0 Å². The van der Waals surface area contributed by atoms with E-state index in [-0.39, 0.29) is 6.04 Å². The van der Waals surface area contributed by atoms with Gasteiger partial charge in [-0.3, -0.25) is 0 Å². The number of aryl methyl sites for hydroxylation is 1. The molecule has 1 aromatic carbocycles. The minimum absolute atomic E-state index is 0.128. The third kappa shape index (κ3) is 1.61. The van der Waals surface area contributed by atoms with Crippen molar-refractivity contribution in [2.45, 2.75) is 25.8 Å². The Morgan fingerprint density at radius 2 is 2.25 bits per heavy atom. The number of fused-ring (bicyclic) bond motifs is 2. The van der Waals surface area contributed by atoms with Crippen LogP contribution in [0, 0.1) is 0 Å². The summed E-state index contributed by atoms with van der Waals surface area (Å²) in [4.78, 5) is 7.77. The molecule has 1 aliphatic heterocycles. The normalized spacial score (nSPS) is 18.4. The number of aromatic amines is 1. The quantitative estimate of drug-likeness (QED) is 0.750. The number of hydrogen-bond acceptors (Lipinski definition) is 3. The second-order valence-corrected chi connectivity index (χ2v) is 5.19. The van der Waals surface area contributed by atoms with Crippen molar-refractivity contribution in [1.29, 1.82) is 0 Å². The van der Waals surface area contributed by atoms with Gasteiger partial charge >= 0.3 is 0 Å². The van der Waals surface area contributed by atoms with E-state index in [2.05, 4.69) is 34.3 Å². The van der Waals surface area contributed by atoms with E-state index in [0.717, 1.165) is 36.4 Å². The van der Waals surface area contributed by atoms with E-state index in [9.17, 15) is 0 Å². The Morgan fingerprint density at radius 3 is 3.15 bits per heavy atom. The number of benzene rings is 1. The van der Waals surface area contributed by atoms with E-state index < -0.39 is 0 Å². The Kier molecular flexibility index (Phi) is 2.63. The maximum Gasteiger partial charge on any atom is 0.134 e. The van der Waals surface area contributed by atoms with Crippen molar-refractivity contribution in [3.05, 3.63) is 53.3 Å². The molecule has 3 aromatic rings. The van der Waals surface area contributed by atoms with Gasteiger partial charge in [0, 0.05) is 36.0 Å². The van der Waals surface area contributed by atoms with Crippen molar-refractivity contribution >= 4 is 11.0 Å². The van der Waals surface area contributed by atoms with Gasteiger partial charge in [-0.25, -0.2) is 4.98 Å². The molecule has 4 nitrogen and oxygen atoms in total. The van der Waals surface area contributed by atoms with Crippen LogP contribution in [0.5, 0.6) is 0 Å². The van der Waals surface area contributed by atoms with Crippen LogP contribution in [-0.4, -0.2) is 16.5 Å². The van der Waals surface area contributed by atoms with Crippen molar-refractivity contribution in [3.63, 3.8) is 0 Å². The lowest BCUT2D eigenvalue weighted by atomic mass is 9.95. The molecule has 0 saturated carbocycles. The first kappa shape index (κ1) is 11.7. The molecule has 1 aliphatic rings. The Morgan fingerprint density at radius 1 is 1.35 bits per heavy atom. The number of nitrogens with zero attached hydrogens (tertiary/aromatic N) is 1. The molecule has 3 heterocycles. The molecule has 1 atom stereocenters. The average Bonchev–Trinajstić information content (AvgIpc) is 3.10. The van der Waals surface area contributed by atoms with Gasteiger partial charge in [0.05, 0.1) is 18.1 Å². The first-order chi connectivity index (χ1) is 9.88. The van der Waals surface area contributed by atoms with Crippen molar-refractivity contribution in [2.24, 2.45) is 0 Å². The minimum Gasteiger partial charge on any atom is -0.461 e. The predicted octanol–water partition coefficient (Wildman–Crippen LogP) is 2.95. The molecule has 2 N–H and O–H groups in total. The lowest BCUT2D eigenvalue weighted by Gasteiger charge is -2.23. The van der Waals surface area contributed by atoms with Crippen LogP contribution in [0.4, 0.5) is 0 Å². The second-order valence-electron chi connectivity index (χ2n) is 5.19. The monoisotopic (exact) mass is 267 g/mol. The fourth-order valence-electron chi connectivity index (χ4n) is 3.15. The van der Waals surface area contributed by atoms with E-state index in [1.165, 1.54) is 16.6 Å². The van der Waals surface area contributed by atoms with Crippen molar-refractivity contribution in [3.8, 4) is 0 Å². The number of furan rings is 1. The van der Waals surface area contributed by atoms with Crippen LogP contribution in [0.1, 0.15) is 35.7 Å². The summed E-state index contributed by atoms with van der Waals surface area (Å²) in [5.74, 6) is 1.06. The van der Waals surface area contributed by atoms with Gasteiger partial charge in [0.25, 0.3) is 0 Å². The molecular weight excluding hydrogens is 250 g/mol. The summed E-state index contributed by atoms with van der Waals surface area (Å²) in [7, 11) is 0. The van der Waals surface area contributed by atoms with E-state index in [4.69, 9.17) is 4.42 Å². The van der Waals surface area contributed by atoms with Gasteiger partial charge in [-0.2, -0.15) is 0 Å². The van der Waals surface area contributed by atoms with Crippen LogP contribution in [-0.2, 0) is 12.8 Å². The molecule has 20 heavy (non-hydrogen) atoms. The number of H-pyrrole nitrogens is 1. The lowest BCUT2D eigenvalue weighted by molar-refractivity contribution is 0.513. The van der Waals surface area contributed by atoms with Crippen molar-refractivity contribution in [1.82, 2.24) is 15.3 Å². The number of para-hydroxylation sites is 1. The Hall–Kier alpha value is -2.07. The lowest BCUT2D eigenvalue weighted by Crippen LogP contribution is -2.31. The number of aromatic nitrogens is 2. The first-order valence-electron chi connectivity index (χ1n) is 7.14. The Balaban J connectivity index is 1.95. The van der Waals surface area contributed by atoms with Crippen LogP contribution < -0.4 is 5.32 Å². The zero-order valence-corrected chi connectivity index (χ0v) is 11.4. The summed E-state index contributed by atoms with van der Waals surface area (Å²) in [5.41, 5.74) is 4.55. The van der Waals surface area contributed by atoms with Crippen LogP contribution >= 0.6 is 0 Å². The number of hydrogen-bond donors (Lipinski definition) is 2. The topological polar surface area (TPSA) is 53.9 Å². The van der Waals surface area contributed by atoms with E-state index in [1.54, 1.807) is 6.33 Å². The molecule has 102 valence electrons. The van der Waals surface area contributed by atoms with Gasteiger partial charge in [-0.1, -0.05) is 25.1 Å². The number of imidazole rings is 1. The first-order valence-corrected chi connectivity index (χ1v) is 7.14. The third-order valence-corrected chi connectivity index (χ3v) is 4.07. The molecule has 2 aromatic heterocycles. The summed E-state index contributed by atoms with van der Waals surface area (Å²) < 4.78 is 6.02. The molecule has 0 bridgehead atoms. The summed E-state index contributed by atoms with van der Waals surface area (Å²) in [6.07, 6.45) is 3.68.